The Morgan fingerprint density at radius 2 is 2.04 bits per heavy atom. The van der Waals surface area contributed by atoms with E-state index in [9.17, 15) is 14.4 Å². The molecule has 1 aliphatic heterocycles. The summed E-state index contributed by atoms with van der Waals surface area (Å²) in [6.45, 7) is 7.85. The fourth-order valence-electron chi connectivity index (χ4n) is 4.75. The van der Waals surface area contributed by atoms with Gasteiger partial charge in [-0.15, -0.1) is 0 Å². The zero-order valence-corrected chi connectivity index (χ0v) is 16.9. The number of halogens is 1. The summed E-state index contributed by atoms with van der Waals surface area (Å²) in [5.41, 5.74) is 0.486. The van der Waals surface area contributed by atoms with E-state index in [0.717, 1.165) is 16.9 Å². The number of amides is 4. The van der Waals surface area contributed by atoms with Crippen molar-refractivity contribution in [1.29, 1.82) is 0 Å². The lowest BCUT2D eigenvalue weighted by atomic mass is 9.64. The van der Waals surface area contributed by atoms with Gasteiger partial charge in [-0.2, -0.15) is 0 Å². The first kappa shape index (κ1) is 19.7. The van der Waals surface area contributed by atoms with Gasteiger partial charge < -0.3 is 10.6 Å². The van der Waals surface area contributed by atoms with Crippen LogP contribution in [0.2, 0.25) is 5.02 Å². The van der Waals surface area contributed by atoms with E-state index in [1.807, 2.05) is 6.92 Å². The Labute approximate surface area is 164 Å². The number of carbonyl (C=O) groups excluding carboxylic acids is 3. The molecule has 3 rings (SSSR count). The summed E-state index contributed by atoms with van der Waals surface area (Å²) in [6, 6.07) is 4.63. The van der Waals surface area contributed by atoms with Gasteiger partial charge in [0, 0.05) is 10.7 Å². The maximum absolute atomic E-state index is 13.1. The number of anilines is 1. The van der Waals surface area contributed by atoms with Gasteiger partial charge in [-0.05, 0) is 61.3 Å². The summed E-state index contributed by atoms with van der Waals surface area (Å²) in [7, 11) is 0. The molecule has 1 saturated carbocycles. The van der Waals surface area contributed by atoms with E-state index in [-0.39, 0.29) is 17.9 Å². The van der Waals surface area contributed by atoms with Gasteiger partial charge in [-0.1, -0.05) is 32.4 Å². The minimum absolute atomic E-state index is 0.0424. The number of nitrogens with zero attached hydrogens (tertiary/aromatic N) is 1. The SMILES string of the molecule is Cc1cc(Cl)ccc1NC(=O)CN1C(=O)NC2(CC(C)CC(C)(C)C2)C1=O. The average Bonchev–Trinajstić information content (AvgIpc) is 2.72. The summed E-state index contributed by atoms with van der Waals surface area (Å²) in [4.78, 5) is 39.0. The predicted octanol–water partition coefficient (Wildman–Crippen LogP) is 3.72. The van der Waals surface area contributed by atoms with Crippen LogP contribution in [0.4, 0.5) is 10.5 Å². The highest BCUT2D eigenvalue weighted by atomic mass is 35.5. The molecule has 1 saturated heterocycles. The number of hydrogen-bond donors (Lipinski definition) is 2. The quantitative estimate of drug-likeness (QED) is 0.770. The lowest BCUT2D eigenvalue weighted by molar-refractivity contribution is -0.136. The molecule has 1 aliphatic carbocycles. The van der Waals surface area contributed by atoms with Crippen LogP contribution in [0.5, 0.6) is 0 Å². The average molecular weight is 392 g/mol. The zero-order chi connectivity index (χ0) is 20.0. The number of rotatable bonds is 3. The Balaban J connectivity index is 1.73. The molecule has 2 unspecified atom stereocenters. The Morgan fingerprint density at radius 1 is 1.33 bits per heavy atom. The first-order valence-electron chi connectivity index (χ1n) is 9.21. The zero-order valence-electron chi connectivity index (χ0n) is 16.2. The summed E-state index contributed by atoms with van der Waals surface area (Å²) in [6.07, 6.45) is 2.20. The molecule has 0 radical (unpaired) electrons. The molecule has 2 aliphatic rings. The van der Waals surface area contributed by atoms with E-state index in [4.69, 9.17) is 11.6 Å². The third-order valence-electron chi connectivity index (χ3n) is 5.39. The van der Waals surface area contributed by atoms with E-state index < -0.39 is 17.5 Å². The van der Waals surface area contributed by atoms with Gasteiger partial charge in [0.2, 0.25) is 5.91 Å². The van der Waals surface area contributed by atoms with Gasteiger partial charge >= 0.3 is 6.03 Å². The number of carbonyl (C=O) groups is 3. The van der Waals surface area contributed by atoms with Crippen molar-refractivity contribution in [1.82, 2.24) is 10.2 Å². The van der Waals surface area contributed by atoms with Crippen molar-refractivity contribution in [2.24, 2.45) is 11.3 Å². The highest BCUT2D eigenvalue weighted by Gasteiger charge is 2.56. The Morgan fingerprint density at radius 3 is 2.67 bits per heavy atom. The summed E-state index contributed by atoms with van der Waals surface area (Å²) < 4.78 is 0. The van der Waals surface area contributed by atoms with Crippen LogP contribution in [-0.4, -0.2) is 34.8 Å². The first-order valence-corrected chi connectivity index (χ1v) is 9.59. The van der Waals surface area contributed by atoms with Crippen LogP contribution >= 0.6 is 11.6 Å². The standard InChI is InChI=1S/C20H26ClN3O3/c1-12-8-19(3,4)11-20(9-12)17(26)24(18(27)23-20)10-16(25)22-15-6-5-14(21)7-13(15)2/h5-7,12H,8-11H2,1-4H3,(H,22,25)(H,23,27). The molecule has 6 nitrogen and oxygen atoms in total. The van der Waals surface area contributed by atoms with Gasteiger partial charge in [0.1, 0.15) is 12.1 Å². The molecule has 2 N–H and O–H groups in total. The summed E-state index contributed by atoms with van der Waals surface area (Å²) in [5, 5.41) is 6.21. The molecule has 2 atom stereocenters. The molecule has 1 aromatic carbocycles. The Hall–Kier alpha value is -2.08. The van der Waals surface area contributed by atoms with Crippen LogP contribution in [0, 0.1) is 18.3 Å². The minimum Gasteiger partial charge on any atom is -0.324 e. The summed E-state index contributed by atoms with van der Waals surface area (Å²) >= 11 is 5.93. The number of imide groups is 1. The monoisotopic (exact) mass is 391 g/mol. The van der Waals surface area contributed by atoms with Gasteiger partial charge in [-0.25, -0.2) is 4.79 Å². The van der Waals surface area contributed by atoms with Crippen molar-refractivity contribution in [3.8, 4) is 0 Å². The van der Waals surface area contributed by atoms with Crippen LogP contribution in [0.25, 0.3) is 0 Å². The maximum Gasteiger partial charge on any atom is 0.325 e. The maximum atomic E-state index is 13.1. The third-order valence-corrected chi connectivity index (χ3v) is 5.62. The van der Waals surface area contributed by atoms with Gasteiger partial charge in [0.15, 0.2) is 0 Å². The van der Waals surface area contributed by atoms with Crippen molar-refractivity contribution in [2.45, 2.75) is 52.5 Å². The molecule has 0 bridgehead atoms. The molecule has 1 spiro atoms. The van der Waals surface area contributed by atoms with E-state index in [1.165, 1.54) is 0 Å². The molecule has 146 valence electrons. The number of nitrogens with one attached hydrogen (secondary N) is 2. The second kappa shape index (κ2) is 6.82. The van der Waals surface area contributed by atoms with E-state index >= 15 is 0 Å². The van der Waals surface area contributed by atoms with Crippen LogP contribution < -0.4 is 10.6 Å². The molecule has 1 heterocycles. The number of urea groups is 1. The normalized spacial score (nSPS) is 27.0. The van der Waals surface area contributed by atoms with Gasteiger partial charge in [-0.3, -0.25) is 14.5 Å². The smallest absolute Gasteiger partial charge is 0.324 e. The van der Waals surface area contributed by atoms with Crippen molar-refractivity contribution >= 4 is 35.1 Å². The predicted molar refractivity (Wildman–Crippen MR) is 105 cm³/mol. The highest BCUT2D eigenvalue weighted by molar-refractivity contribution is 6.30. The van der Waals surface area contributed by atoms with Crippen molar-refractivity contribution in [3.05, 3.63) is 28.8 Å². The number of benzene rings is 1. The van der Waals surface area contributed by atoms with Crippen molar-refractivity contribution < 1.29 is 14.4 Å². The third kappa shape index (κ3) is 3.95. The van der Waals surface area contributed by atoms with Crippen molar-refractivity contribution in [2.75, 3.05) is 11.9 Å². The molecule has 2 fully saturated rings. The second-order valence-electron chi connectivity index (χ2n) is 8.77. The van der Waals surface area contributed by atoms with E-state index in [0.29, 0.717) is 29.5 Å². The lowest BCUT2D eigenvalue weighted by Gasteiger charge is -2.43. The fourth-order valence-corrected chi connectivity index (χ4v) is 4.98. The topological polar surface area (TPSA) is 78.5 Å². The molecule has 1 aromatic rings. The summed E-state index contributed by atoms with van der Waals surface area (Å²) in [5.74, 6) is -0.386. The Bertz CT molecular complexity index is 808. The van der Waals surface area contributed by atoms with Crippen LogP contribution in [0.15, 0.2) is 18.2 Å². The van der Waals surface area contributed by atoms with Gasteiger partial charge in [0.05, 0.1) is 0 Å². The Kier molecular flexibility index (Phi) is 4.97. The number of hydrogen-bond acceptors (Lipinski definition) is 3. The molecular formula is C20H26ClN3O3. The molecule has 4 amide bonds. The minimum atomic E-state index is -0.894. The van der Waals surface area contributed by atoms with Crippen LogP contribution in [-0.2, 0) is 9.59 Å². The largest absolute Gasteiger partial charge is 0.325 e. The van der Waals surface area contributed by atoms with Gasteiger partial charge in [0.25, 0.3) is 5.91 Å². The van der Waals surface area contributed by atoms with Crippen LogP contribution in [0.1, 0.15) is 45.6 Å². The van der Waals surface area contributed by atoms with Crippen molar-refractivity contribution in [3.63, 3.8) is 0 Å². The van der Waals surface area contributed by atoms with E-state index in [1.54, 1.807) is 18.2 Å². The van der Waals surface area contributed by atoms with Crippen LogP contribution in [0.3, 0.4) is 0 Å². The van der Waals surface area contributed by atoms with E-state index in [2.05, 4.69) is 31.4 Å². The molecule has 7 heteroatoms. The molecule has 0 aromatic heterocycles. The highest BCUT2D eigenvalue weighted by Crippen LogP contribution is 2.46. The molecular weight excluding hydrogens is 366 g/mol. The number of aryl methyl sites for hydroxylation is 1. The second-order valence-corrected chi connectivity index (χ2v) is 9.20. The lowest BCUT2D eigenvalue weighted by Crippen LogP contribution is -2.54. The fraction of sp³-hybridized carbons (Fsp3) is 0.550. The molecule has 27 heavy (non-hydrogen) atoms. The first-order chi connectivity index (χ1) is 12.5.